The van der Waals surface area contributed by atoms with Gasteiger partial charge in [0, 0.05) is 21.1 Å². The predicted molar refractivity (Wildman–Crippen MR) is 72.5 cm³/mol. The maximum Gasteiger partial charge on any atom is 0.294 e. The molecular weight excluding hydrogens is 499 g/mol. The van der Waals surface area contributed by atoms with Gasteiger partial charge in [0.25, 0.3) is 20.2 Å². The molecule has 0 amide bonds. The van der Waals surface area contributed by atoms with Crippen LogP contribution in [0.15, 0.2) is 70.5 Å². The van der Waals surface area contributed by atoms with Crippen LogP contribution in [-0.4, -0.2) is 25.9 Å². The monoisotopic (exact) mass is 511 g/mol. The largest absolute Gasteiger partial charge is 0.294 e. The maximum atomic E-state index is 10.4. The Balaban J connectivity index is 0.000000364. The molecule has 0 fully saturated rings. The van der Waals surface area contributed by atoms with E-state index in [1.54, 1.807) is 36.4 Å². The minimum Gasteiger partial charge on any atom is -0.282 e. The molecule has 2 aromatic rings. The summed E-state index contributed by atoms with van der Waals surface area (Å²) in [5, 5.41) is 0. The minimum absolute atomic E-state index is 0. The van der Waals surface area contributed by atoms with Gasteiger partial charge in [0.15, 0.2) is 0 Å². The smallest absolute Gasteiger partial charge is 0.282 e. The van der Waals surface area contributed by atoms with Crippen LogP contribution in [0.2, 0.25) is 0 Å². The van der Waals surface area contributed by atoms with Crippen molar-refractivity contribution < 1.29 is 47.0 Å². The zero-order chi connectivity index (χ0) is 15.2. The van der Waals surface area contributed by atoms with Crippen molar-refractivity contribution in [1.82, 2.24) is 0 Å². The summed E-state index contributed by atoms with van der Waals surface area (Å²) in [7, 11) is -8.01. The van der Waals surface area contributed by atoms with Gasteiger partial charge in [-0.2, -0.15) is 16.8 Å². The van der Waals surface area contributed by atoms with Crippen LogP contribution in [-0.2, 0) is 41.3 Å². The quantitative estimate of drug-likeness (QED) is 0.596. The molecule has 21 heavy (non-hydrogen) atoms. The Morgan fingerprint density at radius 3 is 0.952 bits per heavy atom. The first-order chi connectivity index (χ1) is 9.21. The molecule has 2 N–H and O–H groups in total. The Bertz CT molecular complexity index is 675. The van der Waals surface area contributed by atoms with Gasteiger partial charge in [0.1, 0.15) is 0 Å². The number of hydrogen-bond acceptors (Lipinski definition) is 4. The van der Waals surface area contributed by atoms with E-state index < -0.39 is 20.2 Å². The van der Waals surface area contributed by atoms with Crippen LogP contribution in [0.5, 0.6) is 0 Å². The first kappa shape index (κ1) is 19.9. The van der Waals surface area contributed by atoms with E-state index >= 15 is 0 Å². The molecule has 2 rings (SSSR count). The average molecular weight is 511 g/mol. The van der Waals surface area contributed by atoms with Gasteiger partial charge in [-0.15, -0.1) is 0 Å². The molecule has 0 aromatic heterocycles. The molecule has 2 aromatic carbocycles. The third-order valence-electron chi connectivity index (χ3n) is 2.08. The molecule has 118 valence electrons. The van der Waals surface area contributed by atoms with E-state index in [9.17, 15) is 16.8 Å². The molecule has 0 aliphatic rings. The summed E-state index contributed by atoms with van der Waals surface area (Å²) in [6.45, 7) is 0. The predicted octanol–water partition coefficient (Wildman–Crippen LogP) is 1.86. The molecule has 0 atom stereocenters. The normalized spacial score (nSPS) is 10.8. The Kier molecular flexibility index (Phi) is 7.98. The van der Waals surface area contributed by atoms with E-state index in [1.165, 1.54) is 24.3 Å². The fourth-order valence-corrected chi connectivity index (χ4v) is 2.19. The van der Waals surface area contributed by atoms with Gasteiger partial charge in [-0.3, -0.25) is 9.11 Å². The van der Waals surface area contributed by atoms with Crippen molar-refractivity contribution in [3.8, 4) is 0 Å². The zero-order valence-corrected chi connectivity index (χ0v) is 14.3. The molecular formula is C12H12O6PtS2. The average Bonchev–Trinajstić information content (AvgIpc) is 2.40. The first-order valence-electron chi connectivity index (χ1n) is 5.26. The van der Waals surface area contributed by atoms with Crippen molar-refractivity contribution >= 4 is 20.2 Å². The second-order valence-electron chi connectivity index (χ2n) is 3.58. The van der Waals surface area contributed by atoms with Gasteiger partial charge in [0.05, 0.1) is 9.79 Å². The molecule has 6 nitrogen and oxygen atoms in total. The van der Waals surface area contributed by atoms with Crippen molar-refractivity contribution in [2.45, 2.75) is 9.79 Å². The third kappa shape index (κ3) is 7.49. The van der Waals surface area contributed by atoms with Crippen LogP contribution in [0.1, 0.15) is 0 Å². The molecule has 0 aliphatic heterocycles. The molecule has 0 aliphatic carbocycles. The van der Waals surface area contributed by atoms with Crippen LogP contribution in [0.4, 0.5) is 0 Å². The number of benzene rings is 2. The fraction of sp³-hybridized carbons (Fsp3) is 0. The van der Waals surface area contributed by atoms with Gasteiger partial charge < -0.3 is 0 Å². The summed E-state index contributed by atoms with van der Waals surface area (Å²) >= 11 is 0. The Morgan fingerprint density at radius 2 is 0.810 bits per heavy atom. The SMILES string of the molecule is O=S(=O)(O)c1ccccc1.O=S(=O)(O)c1ccccc1.[Pt]. The van der Waals surface area contributed by atoms with E-state index in [0.29, 0.717) is 0 Å². The van der Waals surface area contributed by atoms with Crippen LogP contribution in [0.3, 0.4) is 0 Å². The van der Waals surface area contributed by atoms with Crippen molar-refractivity contribution in [2.24, 2.45) is 0 Å². The van der Waals surface area contributed by atoms with Crippen molar-refractivity contribution in [1.29, 1.82) is 0 Å². The second kappa shape index (κ2) is 8.41. The summed E-state index contributed by atoms with van der Waals surface area (Å²) < 4.78 is 58.5. The molecule has 0 bridgehead atoms. The maximum absolute atomic E-state index is 10.4. The molecule has 0 saturated heterocycles. The standard InChI is InChI=1S/2C6H6O3S.Pt/c2*7-10(8,9)6-4-2-1-3-5-6;/h2*1-5H,(H,7,8,9);. The minimum atomic E-state index is -4.00. The van der Waals surface area contributed by atoms with Gasteiger partial charge in [-0.1, -0.05) is 36.4 Å². The van der Waals surface area contributed by atoms with E-state index in [1.807, 2.05) is 0 Å². The number of rotatable bonds is 2. The van der Waals surface area contributed by atoms with Crippen molar-refractivity contribution in [3.05, 3.63) is 60.7 Å². The molecule has 0 heterocycles. The summed E-state index contributed by atoms with van der Waals surface area (Å²) in [6, 6.07) is 14.8. The second-order valence-corrected chi connectivity index (χ2v) is 6.42. The van der Waals surface area contributed by atoms with Gasteiger partial charge in [-0.25, -0.2) is 0 Å². The summed E-state index contributed by atoms with van der Waals surface area (Å²) in [6.07, 6.45) is 0. The summed E-state index contributed by atoms with van der Waals surface area (Å²) in [5.74, 6) is 0. The Hall–Kier alpha value is -1.05. The molecule has 0 radical (unpaired) electrons. The third-order valence-corrected chi connectivity index (χ3v) is 3.82. The number of hydrogen-bond donors (Lipinski definition) is 2. The van der Waals surface area contributed by atoms with Crippen molar-refractivity contribution in [3.63, 3.8) is 0 Å². The van der Waals surface area contributed by atoms with E-state index in [0.717, 1.165) is 0 Å². The van der Waals surface area contributed by atoms with Crippen LogP contribution >= 0.6 is 0 Å². The van der Waals surface area contributed by atoms with Gasteiger partial charge in [-0.05, 0) is 24.3 Å². The molecule has 0 unspecified atom stereocenters. The fourth-order valence-electron chi connectivity index (χ4n) is 1.18. The van der Waals surface area contributed by atoms with Crippen LogP contribution < -0.4 is 0 Å². The van der Waals surface area contributed by atoms with E-state index in [2.05, 4.69) is 0 Å². The molecule has 9 heteroatoms. The topological polar surface area (TPSA) is 109 Å². The van der Waals surface area contributed by atoms with E-state index in [4.69, 9.17) is 9.11 Å². The first-order valence-corrected chi connectivity index (χ1v) is 8.14. The summed E-state index contributed by atoms with van der Waals surface area (Å²) in [5.41, 5.74) is 0. The summed E-state index contributed by atoms with van der Waals surface area (Å²) in [4.78, 5) is -0.148. The zero-order valence-electron chi connectivity index (χ0n) is 10.4. The Morgan fingerprint density at radius 1 is 0.571 bits per heavy atom. The van der Waals surface area contributed by atoms with Crippen LogP contribution in [0.25, 0.3) is 0 Å². The van der Waals surface area contributed by atoms with Gasteiger partial charge in [0.2, 0.25) is 0 Å². The van der Waals surface area contributed by atoms with Crippen molar-refractivity contribution in [2.75, 3.05) is 0 Å². The van der Waals surface area contributed by atoms with Gasteiger partial charge >= 0.3 is 0 Å². The van der Waals surface area contributed by atoms with E-state index in [-0.39, 0.29) is 30.9 Å². The molecule has 0 spiro atoms. The Labute approximate surface area is 137 Å². The molecule has 0 saturated carbocycles. The van der Waals surface area contributed by atoms with Crippen LogP contribution in [0, 0.1) is 0 Å².